The van der Waals surface area contributed by atoms with Crippen LogP contribution in [0.15, 0.2) is 0 Å². The molecule has 1 N–H and O–H groups in total. The average molecular weight is 226 g/mol. The molecule has 2 aliphatic rings. The highest BCUT2D eigenvalue weighted by molar-refractivity contribution is 4.90. The van der Waals surface area contributed by atoms with Crippen LogP contribution in [0.5, 0.6) is 0 Å². The van der Waals surface area contributed by atoms with Gasteiger partial charge < -0.3 is 15.0 Å². The number of methoxy groups -OCH3 is 1. The van der Waals surface area contributed by atoms with Crippen molar-refractivity contribution in [1.82, 2.24) is 10.2 Å². The molecule has 0 amide bonds. The van der Waals surface area contributed by atoms with Gasteiger partial charge in [0.25, 0.3) is 0 Å². The molecule has 3 nitrogen and oxygen atoms in total. The predicted octanol–water partition coefficient (Wildman–Crippen LogP) is 1.63. The molecule has 0 aromatic carbocycles. The lowest BCUT2D eigenvalue weighted by Gasteiger charge is -2.41. The number of ether oxygens (including phenoxy) is 1. The summed E-state index contributed by atoms with van der Waals surface area (Å²) >= 11 is 0. The van der Waals surface area contributed by atoms with Gasteiger partial charge in [-0.25, -0.2) is 0 Å². The van der Waals surface area contributed by atoms with Crippen LogP contribution in [-0.4, -0.2) is 49.3 Å². The Morgan fingerprint density at radius 3 is 2.25 bits per heavy atom. The molecule has 0 bridgehead atoms. The van der Waals surface area contributed by atoms with E-state index in [1.165, 1.54) is 38.8 Å². The number of likely N-dealkylation sites (tertiary alicyclic amines) is 1. The Morgan fingerprint density at radius 1 is 1.12 bits per heavy atom. The molecule has 1 heterocycles. The van der Waals surface area contributed by atoms with Crippen LogP contribution >= 0.6 is 0 Å². The zero-order valence-electron chi connectivity index (χ0n) is 10.9. The second-order valence-electron chi connectivity index (χ2n) is 5.60. The second kappa shape index (κ2) is 5.48. The maximum atomic E-state index is 5.31. The minimum absolute atomic E-state index is 0.522. The molecular weight excluding hydrogens is 200 g/mol. The van der Waals surface area contributed by atoms with Gasteiger partial charge in [0.05, 0.1) is 6.10 Å². The van der Waals surface area contributed by atoms with E-state index in [4.69, 9.17) is 4.74 Å². The second-order valence-corrected chi connectivity index (χ2v) is 5.60. The van der Waals surface area contributed by atoms with E-state index in [9.17, 15) is 0 Å². The highest BCUT2D eigenvalue weighted by Gasteiger charge is 2.31. The number of nitrogens with one attached hydrogen (secondary N) is 1. The largest absolute Gasteiger partial charge is 0.381 e. The summed E-state index contributed by atoms with van der Waals surface area (Å²) in [6.07, 6.45) is 5.56. The zero-order valence-corrected chi connectivity index (χ0v) is 10.9. The fraction of sp³-hybridized carbons (Fsp3) is 1.00. The Bertz CT molecular complexity index is 206. The normalized spacial score (nSPS) is 33.0. The van der Waals surface area contributed by atoms with E-state index in [0.717, 1.165) is 12.1 Å². The van der Waals surface area contributed by atoms with E-state index in [1.807, 2.05) is 7.11 Å². The SMILES string of the molecule is COC1CC(NC2CCN(C(C)C)CC2)C1. The van der Waals surface area contributed by atoms with Crippen LogP contribution in [0.3, 0.4) is 0 Å². The fourth-order valence-electron chi connectivity index (χ4n) is 2.81. The van der Waals surface area contributed by atoms with Gasteiger partial charge in [0, 0.05) is 25.2 Å². The summed E-state index contributed by atoms with van der Waals surface area (Å²) in [5.41, 5.74) is 0. The Kier molecular flexibility index (Phi) is 4.22. The van der Waals surface area contributed by atoms with Crippen molar-refractivity contribution in [2.24, 2.45) is 0 Å². The summed E-state index contributed by atoms with van der Waals surface area (Å²) in [4.78, 5) is 2.58. The van der Waals surface area contributed by atoms with Gasteiger partial charge in [-0.05, 0) is 52.6 Å². The lowest BCUT2D eigenvalue weighted by Crippen LogP contribution is -2.52. The lowest BCUT2D eigenvalue weighted by atomic mass is 9.87. The maximum absolute atomic E-state index is 5.31. The molecule has 0 unspecified atom stereocenters. The first-order chi connectivity index (χ1) is 7.69. The first-order valence-corrected chi connectivity index (χ1v) is 6.72. The number of piperidine rings is 1. The zero-order chi connectivity index (χ0) is 11.5. The highest BCUT2D eigenvalue weighted by atomic mass is 16.5. The van der Waals surface area contributed by atoms with Crippen molar-refractivity contribution in [2.45, 2.75) is 63.8 Å². The molecule has 0 radical (unpaired) electrons. The fourth-order valence-corrected chi connectivity index (χ4v) is 2.81. The molecule has 2 fully saturated rings. The average Bonchev–Trinajstić information content (AvgIpc) is 2.23. The predicted molar refractivity (Wildman–Crippen MR) is 66.7 cm³/mol. The van der Waals surface area contributed by atoms with Crippen LogP contribution in [-0.2, 0) is 4.74 Å². The van der Waals surface area contributed by atoms with Crippen LogP contribution in [0.25, 0.3) is 0 Å². The van der Waals surface area contributed by atoms with E-state index in [0.29, 0.717) is 12.1 Å². The molecule has 1 aliphatic carbocycles. The van der Waals surface area contributed by atoms with Crippen molar-refractivity contribution in [3.8, 4) is 0 Å². The lowest BCUT2D eigenvalue weighted by molar-refractivity contribution is 0.0108. The third-order valence-corrected chi connectivity index (χ3v) is 4.16. The molecule has 16 heavy (non-hydrogen) atoms. The van der Waals surface area contributed by atoms with Gasteiger partial charge in [-0.1, -0.05) is 0 Å². The highest BCUT2D eigenvalue weighted by Crippen LogP contribution is 2.24. The quantitative estimate of drug-likeness (QED) is 0.788. The Labute approximate surface area is 99.5 Å². The summed E-state index contributed by atoms with van der Waals surface area (Å²) in [6.45, 7) is 7.11. The van der Waals surface area contributed by atoms with Crippen molar-refractivity contribution in [1.29, 1.82) is 0 Å². The molecule has 1 saturated heterocycles. The van der Waals surface area contributed by atoms with Gasteiger partial charge in [0.15, 0.2) is 0 Å². The maximum Gasteiger partial charge on any atom is 0.0601 e. The minimum Gasteiger partial charge on any atom is -0.381 e. The molecule has 1 saturated carbocycles. The van der Waals surface area contributed by atoms with E-state index < -0.39 is 0 Å². The summed E-state index contributed by atoms with van der Waals surface area (Å²) in [6, 6.07) is 2.18. The summed E-state index contributed by atoms with van der Waals surface area (Å²) in [7, 11) is 1.82. The van der Waals surface area contributed by atoms with E-state index >= 15 is 0 Å². The monoisotopic (exact) mass is 226 g/mol. The Hall–Kier alpha value is -0.120. The van der Waals surface area contributed by atoms with Gasteiger partial charge in [0.1, 0.15) is 0 Å². The van der Waals surface area contributed by atoms with E-state index in [1.54, 1.807) is 0 Å². The van der Waals surface area contributed by atoms with Gasteiger partial charge in [-0.15, -0.1) is 0 Å². The van der Waals surface area contributed by atoms with Crippen molar-refractivity contribution in [2.75, 3.05) is 20.2 Å². The molecule has 0 spiro atoms. The van der Waals surface area contributed by atoms with Crippen molar-refractivity contribution >= 4 is 0 Å². The van der Waals surface area contributed by atoms with Crippen LogP contribution in [0, 0.1) is 0 Å². The van der Waals surface area contributed by atoms with E-state index in [-0.39, 0.29) is 0 Å². The number of rotatable bonds is 4. The number of hydrogen-bond donors (Lipinski definition) is 1. The van der Waals surface area contributed by atoms with Crippen molar-refractivity contribution in [3.63, 3.8) is 0 Å². The standard InChI is InChI=1S/C13H26N2O/c1-10(2)15-6-4-11(5-7-15)14-12-8-13(9-12)16-3/h10-14H,4-9H2,1-3H3. The van der Waals surface area contributed by atoms with Crippen LogP contribution in [0.4, 0.5) is 0 Å². The minimum atomic E-state index is 0.522. The van der Waals surface area contributed by atoms with Crippen molar-refractivity contribution < 1.29 is 4.74 Å². The van der Waals surface area contributed by atoms with Gasteiger partial charge in [0.2, 0.25) is 0 Å². The van der Waals surface area contributed by atoms with Crippen LogP contribution in [0.1, 0.15) is 39.5 Å². The summed E-state index contributed by atoms with van der Waals surface area (Å²) in [5, 5.41) is 3.77. The molecular formula is C13H26N2O. The third kappa shape index (κ3) is 2.96. The molecule has 94 valence electrons. The van der Waals surface area contributed by atoms with Gasteiger partial charge in [-0.2, -0.15) is 0 Å². The molecule has 3 heteroatoms. The van der Waals surface area contributed by atoms with Gasteiger partial charge >= 0.3 is 0 Å². The van der Waals surface area contributed by atoms with Crippen LogP contribution in [0.2, 0.25) is 0 Å². The smallest absolute Gasteiger partial charge is 0.0601 e. The Balaban J connectivity index is 1.63. The van der Waals surface area contributed by atoms with Crippen molar-refractivity contribution in [3.05, 3.63) is 0 Å². The van der Waals surface area contributed by atoms with Crippen LogP contribution < -0.4 is 5.32 Å². The molecule has 0 aromatic heterocycles. The first-order valence-electron chi connectivity index (χ1n) is 6.72. The summed E-state index contributed by atoms with van der Waals surface area (Å²) in [5.74, 6) is 0. The Morgan fingerprint density at radius 2 is 1.75 bits per heavy atom. The van der Waals surface area contributed by atoms with E-state index in [2.05, 4.69) is 24.1 Å². The topological polar surface area (TPSA) is 24.5 Å². The number of hydrogen-bond acceptors (Lipinski definition) is 3. The first kappa shape index (κ1) is 12.3. The number of nitrogens with zero attached hydrogens (tertiary/aromatic N) is 1. The third-order valence-electron chi connectivity index (χ3n) is 4.16. The molecule has 2 rings (SSSR count). The summed E-state index contributed by atoms with van der Waals surface area (Å²) < 4.78 is 5.31. The van der Waals surface area contributed by atoms with Gasteiger partial charge in [-0.3, -0.25) is 0 Å². The molecule has 1 aliphatic heterocycles. The molecule has 0 atom stereocenters. The molecule has 0 aromatic rings.